The summed E-state index contributed by atoms with van der Waals surface area (Å²) in [5, 5.41) is 10.5. The van der Waals surface area contributed by atoms with E-state index in [1.165, 1.54) is 13.8 Å². The van der Waals surface area contributed by atoms with Crippen molar-refractivity contribution in [2.45, 2.75) is 39.1 Å². The topological polar surface area (TPSA) is 76.1 Å². The maximum atomic E-state index is 13.1. The number of aryl methyl sites for hydroxylation is 1. The lowest BCUT2D eigenvalue weighted by Gasteiger charge is -2.34. The Kier molecular flexibility index (Phi) is 4.14. The summed E-state index contributed by atoms with van der Waals surface area (Å²) in [6.45, 7) is 5.35. The molecule has 1 N–H and O–H groups in total. The van der Waals surface area contributed by atoms with Gasteiger partial charge in [-0.3, -0.25) is 4.79 Å². The molecule has 28 heavy (non-hydrogen) atoms. The first-order valence-electron chi connectivity index (χ1n) is 9.08. The molecule has 0 aromatic heterocycles. The van der Waals surface area contributed by atoms with Crippen molar-refractivity contribution < 1.29 is 24.2 Å². The van der Waals surface area contributed by atoms with Crippen LogP contribution in [0, 0.1) is 6.92 Å². The molecule has 1 unspecified atom stereocenters. The molecule has 2 aliphatic rings. The van der Waals surface area contributed by atoms with E-state index in [0.29, 0.717) is 11.1 Å². The van der Waals surface area contributed by atoms with Gasteiger partial charge in [0, 0.05) is 26.0 Å². The number of hydrogen-bond acceptors (Lipinski definition) is 5. The molecule has 0 saturated heterocycles. The average Bonchev–Trinajstić information content (AvgIpc) is 2.88. The summed E-state index contributed by atoms with van der Waals surface area (Å²) in [4.78, 5) is 27.4. The largest absolute Gasteiger partial charge is 0.480 e. The van der Waals surface area contributed by atoms with Gasteiger partial charge in [-0.2, -0.15) is 0 Å². The lowest BCUT2D eigenvalue weighted by atomic mass is 9.97. The van der Waals surface area contributed by atoms with E-state index in [4.69, 9.17) is 9.47 Å². The number of ether oxygens (including phenoxy) is 2. The van der Waals surface area contributed by atoms with Gasteiger partial charge in [0.05, 0.1) is 6.04 Å². The maximum Gasteiger partial charge on any atom is 0.347 e. The molecule has 0 bridgehead atoms. The minimum Gasteiger partial charge on any atom is -0.480 e. The van der Waals surface area contributed by atoms with Gasteiger partial charge in [-0.15, -0.1) is 0 Å². The van der Waals surface area contributed by atoms with Crippen molar-refractivity contribution in [2.24, 2.45) is 0 Å². The Bertz CT molecular complexity index is 990. The number of hydrogen-bond donors (Lipinski definition) is 1. The van der Waals surface area contributed by atoms with E-state index in [-0.39, 0.29) is 18.0 Å². The summed E-state index contributed by atoms with van der Waals surface area (Å²) in [5.41, 5.74) is 3.11. The van der Waals surface area contributed by atoms with Crippen molar-refractivity contribution in [3.63, 3.8) is 0 Å². The van der Waals surface area contributed by atoms with Crippen LogP contribution in [0.2, 0.25) is 0 Å². The van der Waals surface area contributed by atoms with Gasteiger partial charge in [0.1, 0.15) is 5.57 Å². The fourth-order valence-electron chi connectivity index (χ4n) is 3.64. The van der Waals surface area contributed by atoms with Crippen molar-refractivity contribution in [2.75, 3.05) is 0 Å². The molecule has 0 saturated carbocycles. The Labute approximate surface area is 163 Å². The number of rotatable bonds is 3. The molecular weight excluding hydrogens is 358 g/mol. The molecule has 144 valence electrons. The van der Waals surface area contributed by atoms with Crippen LogP contribution in [0.5, 0.6) is 0 Å². The summed E-state index contributed by atoms with van der Waals surface area (Å²) in [6, 6.07) is 14.1. The van der Waals surface area contributed by atoms with Crippen molar-refractivity contribution >= 4 is 11.9 Å². The minimum absolute atomic E-state index is 0.0651. The average molecular weight is 379 g/mol. The van der Waals surface area contributed by atoms with Crippen LogP contribution in [0.3, 0.4) is 0 Å². The maximum absolute atomic E-state index is 13.1. The summed E-state index contributed by atoms with van der Waals surface area (Å²) in [6.07, 6.45) is 0. The van der Waals surface area contributed by atoms with E-state index in [1.54, 1.807) is 29.2 Å². The molecule has 1 atom stereocenters. The lowest BCUT2D eigenvalue weighted by molar-refractivity contribution is -0.223. The molecular formula is C22H21NO5. The molecule has 2 heterocycles. The summed E-state index contributed by atoms with van der Waals surface area (Å²) in [7, 11) is 0. The molecule has 6 heteroatoms. The lowest BCUT2D eigenvalue weighted by Crippen LogP contribution is -2.41. The Morgan fingerprint density at radius 3 is 2.39 bits per heavy atom. The molecule has 0 spiro atoms. The molecule has 6 nitrogen and oxygen atoms in total. The third-order valence-electron chi connectivity index (χ3n) is 4.94. The van der Waals surface area contributed by atoms with Gasteiger partial charge in [0.2, 0.25) is 0 Å². The molecule has 2 aliphatic heterocycles. The zero-order valence-corrected chi connectivity index (χ0v) is 15.9. The molecule has 0 radical (unpaired) electrons. The van der Waals surface area contributed by atoms with Gasteiger partial charge in [-0.25, -0.2) is 4.79 Å². The quantitative estimate of drug-likeness (QED) is 0.822. The van der Waals surface area contributed by atoms with E-state index in [9.17, 15) is 14.7 Å². The molecule has 4 rings (SSSR count). The van der Waals surface area contributed by atoms with Crippen LogP contribution in [-0.4, -0.2) is 27.7 Å². The predicted molar refractivity (Wildman–Crippen MR) is 101 cm³/mol. The summed E-state index contributed by atoms with van der Waals surface area (Å²) < 4.78 is 10.7. The predicted octanol–water partition coefficient (Wildman–Crippen LogP) is 3.77. The van der Waals surface area contributed by atoms with Gasteiger partial charge < -0.3 is 19.5 Å². The van der Waals surface area contributed by atoms with Gasteiger partial charge in [-0.1, -0.05) is 48.0 Å². The molecule has 2 aromatic carbocycles. The van der Waals surface area contributed by atoms with E-state index < -0.39 is 23.7 Å². The number of fused-ring (bicyclic) bond motifs is 1. The first kappa shape index (κ1) is 18.1. The SMILES string of the molecule is Cc1ccc(CN2C(=O)c3ccccc3C2C2=C(O)OC(C)(C)OC2=O)cc1. The second kappa shape index (κ2) is 6.41. The normalized spacial score (nSPS) is 20.7. The van der Waals surface area contributed by atoms with E-state index >= 15 is 0 Å². The van der Waals surface area contributed by atoms with Crippen LogP contribution in [0.4, 0.5) is 0 Å². The van der Waals surface area contributed by atoms with Crippen molar-refractivity contribution in [1.82, 2.24) is 4.90 Å². The zero-order chi connectivity index (χ0) is 20.1. The van der Waals surface area contributed by atoms with Gasteiger partial charge in [0.25, 0.3) is 17.6 Å². The second-order valence-electron chi connectivity index (χ2n) is 7.52. The number of carbonyl (C=O) groups is 2. The highest BCUT2D eigenvalue weighted by Gasteiger charge is 2.47. The number of cyclic esters (lactones) is 1. The van der Waals surface area contributed by atoms with Crippen LogP contribution in [0.15, 0.2) is 60.0 Å². The molecule has 0 aliphatic carbocycles. The second-order valence-corrected chi connectivity index (χ2v) is 7.52. The third-order valence-corrected chi connectivity index (χ3v) is 4.94. The highest BCUT2D eigenvalue weighted by molar-refractivity contribution is 6.02. The Morgan fingerprint density at radius 2 is 1.71 bits per heavy atom. The van der Waals surface area contributed by atoms with Crippen LogP contribution >= 0.6 is 0 Å². The number of esters is 1. The number of amides is 1. The van der Waals surface area contributed by atoms with Crippen molar-refractivity contribution in [3.05, 3.63) is 82.3 Å². The number of aliphatic hydroxyl groups is 1. The van der Waals surface area contributed by atoms with Crippen LogP contribution in [-0.2, 0) is 20.8 Å². The van der Waals surface area contributed by atoms with Gasteiger partial charge in [-0.05, 0) is 24.1 Å². The number of aliphatic hydroxyl groups excluding tert-OH is 1. The number of nitrogens with zero attached hydrogens (tertiary/aromatic N) is 1. The van der Waals surface area contributed by atoms with E-state index in [1.807, 2.05) is 31.2 Å². The van der Waals surface area contributed by atoms with Crippen molar-refractivity contribution in [1.29, 1.82) is 0 Å². The monoisotopic (exact) mass is 379 g/mol. The first-order valence-corrected chi connectivity index (χ1v) is 9.08. The number of benzene rings is 2. The smallest absolute Gasteiger partial charge is 0.347 e. The number of carbonyl (C=O) groups excluding carboxylic acids is 2. The summed E-state index contributed by atoms with van der Waals surface area (Å²) in [5.74, 6) is -2.69. The van der Waals surface area contributed by atoms with Crippen molar-refractivity contribution in [3.8, 4) is 0 Å². The van der Waals surface area contributed by atoms with E-state index in [2.05, 4.69) is 0 Å². The molecule has 2 aromatic rings. The highest BCUT2D eigenvalue weighted by Crippen LogP contribution is 2.43. The molecule has 1 amide bonds. The molecule has 0 fully saturated rings. The van der Waals surface area contributed by atoms with Crippen LogP contribution in [0.1, 0.15) is 46.9 Å². The van der Waals surface area contributed by atoms with E-state index in [0.717, 1.165) is 11.1 Å². The summed E-state index contributed by atoms with van der Waals surface area (Å²) >= 11 is 0. The Morgan fingerprint density at radius 1 is 1.04 bits per heavy atom. The standard InChI is InChI=1S/C22H21NO5/c1-13-8-10-14(11-9-13)12-23-18(15-6-4-5-7-16(15)19(23)24)17-20(25)27-22(2,3)28-21(17)26/h4-11,18,25H,12H2,1-3H3. The Balaban J connectivity index is 1.80. The zero-order valence-electron chi connectivity index (χ0n) is 15.9. The first-order chi connectivity index (χ1) is 13.3. The third kappa shape index (κ3) is 3.01. The van der Waals surface area contributed by atoms with Crippen LogP contribution in [0.25, 0.3) is 0 Å². The minimum atomic E-state index is -1.27. The van der Waals surface area contributed by atoms with Crippen LogP contribution < -0.4 is 0 Å². The van der Waals surface area contributed by atoms with Gasteiger partial charge in [0.15, 0.2) is 0 Å². The fourth-order valence-corrected chi connectivity index (χ4v) is 3.64. The Hall–Kier alpha value is -3.28. The fraction of sp³-hybridized carbons (Fsp3) is 0.273. The van der Waals surface area contributed by atoms with Gasteiger partial charge >= 0.3 is 5.97 Å². The highest BCUT2D eigenvalue weighted by atomic mass is 16.8.